The summed E-state index contributed by atoms with van der Waals surface area (Å²) in [6.45, 7) is -3.08. The predicted molar refractivity (Wildman–Crippen MR) is 97.7 cm³/mol. The highest BCUT2D eigenvalue weighted by atomic mass is 32.1. The predicted octanol–water partition coefficient (Wildman–Crippen LogP) is 4.23. The molecule has 0 unspecified atom stereocenters. The monoisotopic (exact) mass is 406 g/mol. The van der Waals surface area contributed by atoms with E-state index in [9.17, 15) is 22.8 Å². The van der Waals surface area contributed by atoms with E-state index in [-0.39, 0.29) is 17.1 Å². The van der Waals surface area contributed by atoms with E-state index in [1.807, 2.05) is 0 Å². The Hall–Kier alpha value is -3.33. The maximum atomic E-state index is 13.0. The minimum atomic E-state index is -3.08. The molecular weight excluding hydrogens is 393 g/mol. The number of carbonyl (C=O) groups is 2. The molecule has 1 heterocycles. The van der Waals surface area contributed by atoms with E-state index in [0.717, 1.165) is 21.8 Å². The van der Waals surface area contributed by atoms with Crippen LogP contribution in [0.25, 0.3) is 10.4 Å². The summed E-state index contributed by atoms with van der Waals surface area (Å²) in [5.41, 5.74) is 4.97. The number of para-hydroxylation sites is 1. The van der Waals surface area contributed by atoms with Crippen LogP contribution in [0, 0.1) is 5.82 Å². The Morgan fingerprint density at radius 1 is 0.893 bits per heavy atom. The zero-order valence-corrected chi connectivity index (χ0v) is 14.9. The van der Waals surface area contributed by atoms with E-state index in [1.165, 1.54) is 36.4 Å². The zero-order chi connectivity index (χ0) is 20.1. The third-order valence-corrected chi connectivity index (χ3v) is 4.73. The Labute approximate surface area is 161 Å². The minimum absolute atomic E-state index is 0.152. The van der Waals surface area contributed by atoms with E-state index in [0.29, 0.717) is 4.88 Å². The lowest BCUT2D eigenvalue weighted by atomic mass is 10.2. The molecule has 0 atom stereocenters. The van der Waals surface area contributed by atoms with Crippen molar-refractivity contribution in [2.45, 2.75) is 6.61 Å². The Morgan fingerprint density at radius 3 is 2.29 bits per heavy atom. The molecule has 0 fully saturated rings. The van der Waals surface area contributed by atoms with E-state index in [2.05, 4.69) is 15.6 Å². The first-order valence-corrected chi connectivity index (χ1v) is 8.76. The van der Waals surface area contributed by atoms with Gasteiger partial charge in [0, 0.05) is 4.88 Å². The van der Waals surface area contributed by atoms with Crippen LogP contribution in [0.5, 0.6) is 5.75 Å². The van der Waals surface area contributed by atoms with Gasteiger partial charge in [0.1, 0.15) is 11.6 Å². The highest BCUT2D eigenvalue weighted by molar-refractivity contribution is 7.17. The zero-order valence-electron chi connectivity index (χ0n) is 14.1. The summed E-state index contributed by atoms with van der Waals surface area (Å²) in [6.07, 6.45) is 0. The lowest BCUT2D eigenvalue weighted by Gasteiger charge is -2.11. The van der Waals surface area contributed by atoms with Gasteiger partial charge in [-0.05, 0) is 42.0 Å². The van der Waals surface area contributed by atoms with Crippen molar-refractivity contribution in [2.24, 2.45) is 0 Å². The number of halogens is 3. The maximum absolute atomic E-state index is 13.0. The van der Waals surface area contributed by atoms with E-state index in [4.69, 9.17) is 0 Å². The lowest BCUT2D eigenvalue weighted by molar-refractivity contribution is -0.0501. The molecule has 0 saturated carbocycles. The topological polar surface area (TPSA) is 67.4 Å². The quantitative estimate of drug-likeness (QED) is 0.623. The van der Waals surface area contributed by atoms with Gasteiger partial charge >= 0.3 is 6.61 Å². The summed E-state index contributed by atoms with van der Waals surface area (Å²) in [5, 5.41) is 0. The van der Waals surface area contributed by atoms with Crippen molar-refractivity contribution in [3.8, 4) is 16.2 Å². The fourth-order valence-electron chi connectivity index (χ4n) is 2.32. The van der Waals surface area contributed by atoms with Gasteiger partial charge < -0.3 is 4.74 Å². The van der Waals surface area contributed by atoms with Gasteiger partial charge in [0.05, 0.1) is 10.4 Å². The van der Waals surface area contributed by atoms with Crippen LogP contribution in [0.3, 0.4) is 0 Å². The van der Waals surface area contributed by atoms with Crippen LogP contribution < -0.4 is 15.6 Å². The molecule has 0 spiro atoms. The van der Waals surface area contributed by atoms with Crippen molar-refractivity contribution in [1.82, 2.24) is 10.9 Å². The second-order valence-corrected chi connectivity index (χ2v) is 6.54. The van der Waals surface area contributed by atoms with Crippen molar-refractivity contribution < 1.29 is 27.5 Å². The molecule has 9 heteroatoms. The molecule has 0 saturated heterocycles. The number of hydrogen-bond donors (Lipinski definition) is 2. The molecule has 0 aliphatic carbocycles. The largest absolute Gasteiger partial charge is 0.434 e. The summed E-state index contributed by atoms with van der Waals surface area (Å²) in [7, 11) is 0. The third kappa shape index (κ3) is 4.68. The number of carbonyl (C=O) groups excluding carboxylic acids is 2. The molecule has 144 valence electrons. The number of alkyl halides is 2. The number of rotatable bonds is 5. The standard InChI is InChI=1S/C19H13F3N2O3S/c20-12-7-5-11(6-8-12)15-9-10-16(28-15)18(26)24-23-17(25)13-3-1-2-4-14(13)27-19(21)22/h1-10,19H,(H,23,25)(H,24,26). The molecule has 28 heavy (non-hydrogen) atoms. The van der Waals surface area contributed by atoms with Gasteiger partial charge in [-0.2, -0.15) is 8.78 Å². The molecule has 0 aliphatic heterocycles. The number of nitrogens with one attached hydrogen (secondary N) is 2. The molecule has 5 nitrogen and oxygen atoms in total. The summed E-state index contributed by atoms with van der Waals surface area (Å²) >= 11 is 1.15. The molecule has 0 bridgehead atoms. The third-order valence-electron chi connectivity index (χ3n) is 3.60. The van der Waals surface area contributed by atoms with Crippen LogP contribution in [-0.4, -0.2) is 18.4 Å². The molecule has 0 aliphatic rings. The van der Waals surface area contributed by atoms with E-state index in [1.54, 1.807) is 24.3 Å². The first kappa shape index (κ1) is 19.4. The number of thiophene rings is 1. The van der Waals surface area contributed by atoms with E-state index >= 15 is 0 Å². The van der Waals surface area contributed by atoms with Crippen LogP contribution in [0.4, 0.5) is 13.2 Å². The van der Waals surface area contributed by atoms with Crippen molar-refractivity contribution in [2.75, 3.05) is 0 Å². The summed E-state index contributed by atoms with van der Waals surface area (Å²) in [4.78, 5) is 25.4. The highest BCUT2D eigenvalue weighted by Gasteiger charge is 2.17. The van der Waals surface area contributed by atoms with Crippen molar-refractivity contribution in [1.29, 1.82) is 0 Å². The molecule has 1 aromatic heterocycles. The van der Waals surface area contributed by atoms with E-state index < -0.39 is 18.4 Å². The van der Waals surface area contributed by atoms with Crippen molar-refractivity contribution in [3.63, 3.8) is 0 Å². The van der Waals surface area contributed by atoms with Crippen molar-refractivity contribution in [3.05, 3.63) is 76.9 Å². The molecule has 3 aromatic rings. The van der Waals surface area contributed by atoms with Gasteiger partial charge in [0.25, 0.3) is 11.8 Å². The summed E-state index contributed by atoms with van der Waals surface area (Å²) in [5.74, 6) is -2.06. The van der Waals surface area contributed by atoms with Gasteiger partial charge in [-0.25, -0.2) is 4.39 Å². The molecule has 2 amide bonds. The smallest absolute Gasteiger partial charge is 0.387 e. The number of hydrazine groups is 1. The Bertz CT molecular complexity index is 990. The van der Waals surface area contributed by atoms with Crippen LogP contribution in [0.1, 0.15) is 20.0 Å². The Morgan fingerprint density at radius 2 is 1.57 bits per heavy atom. The average Bonchev–Trinajstić information content (AvgIpc) is 3.16. The van der Waals surface area contributed by atoms with Crippen LogP contribution >= 0.6 is 11.3 Å². The normalized spacial score (nSPS) is 10.6. The molecular formula is C19H13F3N2O3S. The van der Waals surface area contributed by atoms with Crippen LogP contribution in [0.2, 0.25) is 0 Å². The molecule has 2 aromatic carbocycles. The van der Waals surface area contributed by atoms with Gasteiger partial charge in [-0.3, -0.25) is 20.4 Å². The lowest BCUT2D eigenvalue weighted by Crippen LogP contribution is -2.41. The van der Waals surface area contributed by atoms with Gasteiger partial charge in [-0.15, -0.1) is 11.3 Å². The van der Waals surface area contributed by atoms with Gasteiger partial charge in [0.2, 0.25) is 0 Å². The number of amides is 2. The number of benzene rings is 2. The Kier molecular flexibility index (Phi) is 5.95. The summed E-state index contributed by atoms with van der Waals surface area (Å²) in [6, 6.07) is 14.5. The first-order valence-electron chi connectivity index (χ1n) is 7.94. The fourth-order valence-corrected chi connectivity index (χ4v) is 3.23. The van der Waals surface area contributed by atoms with Crippen LogP contribution in [-0.2, 0) is 0 Å². The van der Waals surface area contributed by atoms with Crippen molar-refractivity contribution >= 4 is 23.2 Å². The fraction of sp³-hybridized carbons (Fsp3) is 0.0526. The first-order chi connectivity index (χ1) is 13.4. The van der Waals surface area contributed by atoms with Crippen LogP contribution in [0.15, 0.2) is 60.7 Å². The number of hydrogen-bond acceptors (Lipinski definition) is 4. The molecule has 0 radical (unpaired) electrons. The van der Waals surface area contributed by atoms with Gasteiger partial charge in [0.15, 0.2) is 0 Å². The summed E-state index contributed by atoms with van der Waals surface area (Å²) < 4.78 is 42.1. The maximum Gasteiger partial charge on any atom is 0.387 e. The second kappa shape index (κ2) is 8.57. The Balaban J connectivity index is 1.65. The van der Waals surface area contributed by atoms with Gasteiger partial charge in [-0.1, -0.05) is 24.3 Å². The molecule has 3 rings (SSSR count). The average molecular weight is 406 g/mol. The number of ether oxygens (including phenoxy) is 1. The highest BCUT2D eigenvalue weighted by Crippen LogP contribution is 2.28. The second-order valence-electron chi connectivity index (χ2n) is 5.45. The minimum Gasteiger partial charge on any atom is -0.434 e. The SMILES string of the molecule is O=C(NNC(=O)c1ccccc1OC(F)F)c1ccc(-c2ccc(F)cc2)s1. The molecule has 2 N–H and O–H groups in total.